The molecule has 5 heteroatoms. The summed E-state index contributed by atoms with van der Waals surface area (Å²) >= 11 is 0. The van der Waals surface area contributed by atoms with Crippen molar-refractivity contribution < 1.29 is 4.57 Å². The number of nitrogens with zero attached hydrogens (tertiary/aromatic N) is 4. The highest BCUT2D eigenvalue weighted by atomic mass is 15.2. The van der Waals surface area contributed by atoms with Crippen molar-refractivity contribution in [2.75, 3.05) is 0 Å². The third kappa shape index (κ3) is 2.65. The van der Waals surface area contributed by atoms with E-state index in [-0.39, 0.29) is 0 Å². The van der Waals surface area contributed by atoms with Crippen LogP contribution in [0.15, 0.2) is 25.0 Å². The van der Waals surface area contributed by atoms with E-state index in [9.17, 15) is 0 Å². The minimum absolute atomic E-state index is 0.749. The van der Waals surface area contributed by atoms with Crippen molar-refractivity contribution in [1.29, 1.82) is 0 Å². The first-order valence-electron chi connectivity index (χ1n) is 5.27. The number of H-pyrrole nitrogens is 1. The summed E-state index contributed by atoms with van der Waals surface area (Å²) in [6.45, 7) is 4.03. The van der Waals surface area contributed by atoms with Gasteiger partial charge in [-0.15, -0.1) is 0 Å². The van der Waals surface area contributed by atoms with Crippen molar-refractivity contribution in [1.82, 2.24) is 19.7 Å². The largest absolute Gasteiger partial charge is 0.260 e. The van der Waals surface area contributed by atoms with Crippen LogP contribution in [0.5, 0.6) is 0 Å². The van der Waals surface area contributed by atoms with E-state index in [0.29, 0.717) is 0 Å². The van der Waals surface area contributed by atoms with Gasteiger partial charge >= 0.3 is 0 Å². The first kappa shape index (κ1) is 9.89. The second kappa shape index (κ2) is 4.72. The Morgan fingerprint density at radius 3 is 3.20 bits per heavy atom. The quantitative estimate of drug-likeness (QED) is 0.734. The molecule has 0 saturated carbocycles. The van der Waals surface area contributed by atoms with Gasteiger partial charge in [-0.1, -0.05) is 13.3 Å². The van der Waals surface area contributed by atoms with Crippen LogP contribution >= 0.6 is 0 Å². The van der Waals surface area contributed by atoms with Crippen LogP contribution in [0, 0.1) is 0 Å². The van der Waals surface area contributed by atoms with Gasteiger partial charge in [-0.25, -0.2) is 14.1 Å². The molecule has 0 fully saturated rings. The van der Waals surface area contributed by atoms with E-state index in [0.717, 1.165) is 18.9 Å². The molecule has 1 N–H and O–H groups in total. The lowest BCUT2D eigenvalue weighted by Crippen LogP contribution is -2.32. The van der Waals surface area contributed by atoms with Crippen LogP contribution in [-0.4, -0.2) is 19.7 Å². The SMILES string of the molecule is CCCCn1cc[n+](Cc2ncn[nH]2)c1. The number of rotatable bonds is 5. The normalized spacial score (nSPS) is 10.7. The van der Waals surface area contributed by atoms with Gasteiger partial charge in [0.05, 0.1) is 6.54 Å². The topological polar surface area (TPSA) is 50.4 Å². The Kier molecular flexibility index (Phi) is 3.11. The number of aryl methyl sites for hydroxylation is 1. The number of hydrogen-bond acceptors (Lipinski definition) is 2. The van der Waals surface area contributed by atoms with E-state index in [1.807, 2.05) is 0 Å². The highest BCUT2D eigenvalue weighted by Crippen LogP contribution is 1.93. The average molecular weight is 206 g/mol. The van der Waals surface area contributed by atoms with Crippen LogP contribution in [0.3, 0.4) is 0 Å². The molecule has 0 bridgehead atoms. The Bertz CT molecular complexity index is 390. The molecule has 2 aromatic rings. The molecule has 0 aromatic carbocycles. The fraction of sp³-hybridized carbons (Fsp3) is 0.500. The maximum Gasteiger partial charge on any atom is 0.244 e. The zero-order valence-electron chi connectivity index (χ0n) is 8.93. The maximum atomic E-state index is 4.09. The highest BCUT2D eigenvalue weighted by Gasteiger charge is 2.05. The molecule has 5 nitrogen and oxygen atoms in total. The summed E-state index contributed by atoms with van der Waals surface area (Å²) in [5.41, 5.74) is 0. The van der Waals surface area contributed by atoms with Crippen molar-refractivity contribution in [3.05, 3.63) is 30.9 Å². The molecule has 0 aliphatic heterocycles. The zero-order valence-corrected chi connectivity index (χ0v) is 8.93. The Morgan fingerprint density at radius 1 is 1.53 bits per heavy atom. The summed E-state index contributed by atoms with van der Waals surface area (Å²) in [4.78, 5) is 4.09. The molecule has 2 aromatic heterocycles. The minimum Gasteiger partial charge on any atom is -0.260 e. The number of aromatic amines is 1. The third-order valence-corrected chi connectivity index (χ3v) is 2.31. The van der Waals surface area contributed by atoms with Crippen LogP contribution < -0.4 is 4.57 Å². The standard InChI is InChI=1S/C10H16N5/c1-2-3-4-14-5-6-15(9-14)7-10-11-8-12-13-10/h5-6,8-9H,2-4,7H2,1H3,(H,11,12,13)/q+1. The molecule has 2 heterocycles. The van der Waals surface area contributed by atoms with Gasteiger partial charge in [-0.05, 0) is 6.42 Å². The number of nitrogens with one attached hydrogen (secondary N) is 1. The lowest BCUT2D eigenvalue weighted by Gasteiger charge is -1.92. The van der Waals surface area contributed by atoms with Crippen molar-refractivity contribution in [2.45, 2.75) is 32.9 Å². The van der Waals surface area contributed by atoms with Crippen LogP contribution in [0.1, 0.15) is 25.6 Å². The third-order valence-electron chi connectivity index (χ3n) is 2.31. The van der Waals surface area contributed by atoms with Gasteiger partial charge in [0, 0.05) is 0 Å². The Balaban J connectivity index is 1.95. The molecular weight excluding hydrogens is 190 g/mol. The van der Waals surface area contributed by atoms with Crippen LogP contribution in [0.2, 0.25) is 0 Å². The number of unbranched alkanes of at least 4 members (excludes halogenated alkanes) is 1. The van der Waals surface area contributed by atoms with E-state index in [1.54, 1.807) is 0 Å². The van der Waals surface area contributed by atoms with E-state index in [4.69, 9.17) is 0 Å². The lowest BCUT2D eigenvalue weighted by atomic mass is 10.3. The van der Waals surface area contributed by atoms with Crippen LogP contribution in [-0.2, 0) is 13.1 Å². The van der Waals surface area contributed by atoms with Crippen molar-refractivity contribution >= 4 is 0 Å². The summed E-state index contributed by atoms with van der Waals surface area (Å²) < 4.78 is 4.29. The van der Waals surface area contributed by atoms with Gasteiger partial charge in [0.25, 0.3) is 0 Å². The number of imidazole rings is 1. The minimum atomic E-state index is 0.749. The molecule has 0 saturated heterocycles. The first-order chi connectivity index (χ1) is 7.38. The molecule has 0 aliphatic rings. The van der Waals surface area contributed by atoms with Crippen molar-refractivity contribution in [2.24, 2.45) is 0 Å². The molecular formula is C10H16N5+. The summed E-state index contributed by atoms with van der Waals surface area (Å²) in [7, 11) is 0. The van der Waals surface area contributed by atoms with E-state index < -0.39 is 0 Å². The van der Waals surface area contributed by atoms with E-state index in [2.05, 4.69) is 50.0 Å². The fourth-order valence-electron chi connectivity index (χ4n) is 1.49. The van der Waals surface area contributed by atoms with Crippen molar-refractivity contribution in [3.63, 3.8) is 0 Å². The van der Waals surface area contributed by atoms with E-state index in [1.165, 1.54) is 19.2 Å². The molecule has 0 atom stereocenters. The molecule has 15 heavy (non-hydrogen) atoms. The fourth-order valence-corrected chi connectivity index (χ4v) is 1.49. The molecule has 0 unspecified atom stereocenters. The van der Waals surface area contributed by atoms with E-state index >= 15 is 0 Å². The molecule has 0 spiro atoms. The molecule has 80 valence electrons. The van der Waals surface area contributed by atoms with Crippen molar-refractivity contribution in [3.8, 4) is 0 Å². The smallest absolute Gasteiger partial charge is 0.244 e. The second-order valence-corrected chi connectivity index (χ2v) is 3.61. The van der Waals surface area contributed by atoms with Gasteiger partial charge in [0.1, 0.15) is 25.3 Å². The summed E-state index contributed by atoms with van der Waals surface area (Å²) in [5.74, 6) is 0.883. The first-order valence-corrected chi connectivity index (χ1v) is 5.27. The molecule has 0 amide bonds. The molecule has 0 radical (unpaired) electrons. The van der Waals surface area contributed by atoms with Gasteiger partial charge in [0.15, 0.2) is 5.82 Å². The van der Waals surface area contributed by atoms with Gasteiger partial charge in [0.2, 0.25) is 6.33 Å². The summed E-state index contributed by atoms with van der Waals surface area (Å²) in [5, 5.41) is 6.67. The van der Waals surface area contributed by atoms with Gasteiger partial charge in [-0.3, -0.25) is 5.10 Å². The van der Waals surface area contributed by atoms with Crippen LogP contribution in [0.4, 0.5) is 0 Å². The Morgan fingerprint density at radius 2 is 2.47 bits per heavy atom. The van der Waals surface area contributed by atoms with Crippen LogP contribution in [0.25, 0.3) is 0 Å². The average Bonchev–Trinajstić information content (AvgIpc) is 2.87. The second-order valence-electron chi connectivity index (χ2n) is 3.61. The Hall–Kier alpha value is -1.65. The summed E-state index contributed by atoms with van der Waals surface area (Å²) in [6.07, 6.45) is 10.2. The van der Waals surface area contributed by atoms with Gasteiger partial charge < -0.3 is 0 Å². The summed E-state index contributed by atoms with van der Waals surface area (Å²) in [6, 6.07) is 0. The predicted octanol–water partition coefficient (Wildman–Crippen LogP) is 0.742. The number of aromatic nitrogens is 5. The number of hydrogen-bond donors (Lipinski definition) is 1. The monoisotopic (exact) mass is 206 g/mol. The predicted molar refractivity (Wildman–Crippen MR) is 55.0 cm³/mol. The Labute approximate surface area is 88.8 Å². The highest BCUT2D eigenvalue weighted by molar-refractivity contribution is 4.76. The molecule has 2 rings (SSSR count). The molecule has 0 aliphatic carbocycles. The van der Waals surface area contributed by atoms with Gasteiger partial charge in [-0.2, -0.15) is 5.10 Å². The maximum absolute atomic E-state index is 4.09. The lowest BCUT2D eigenvalue weighted by molar-refractivity contribution is -0.688. The zero-order chi connectivity index (χ0) is 10.5.